The molecule has 3 unspecified atom stereocenters. The van der Waals surface area contributed by atoms with Crippen LogP contribution in [0.4, 0.5) is 10.5 Å². The second kappa shape index (κ2) is 58.6. The largest absolute Gasteiger partial charge is 0.467 e. The van der Waals surface area contributed by atoms with Crippen LogP contribution >= 0.6 is 0 Å². The normalized spacial score (nSPS) is 18.8. The standard InChI is InChI=1S/C85H136N10O31/c1-17-56(6)73(69(108-14)52-70(99)94-28-21-24-65(94)75(109-15)57(7)80(101)87-58(8)74(100)62-22-19-18-20-23-62)91(12)82(103)71(54(2)3)88-81(102)72(55(4)5)92(13)85(105)125-68(63-25-26-67(66(50-63)95(106)107)124-84-79(123-61(11)98)77(122-60(10)97)76(121-59(9)96)78(126-84)83(104)110-16)51-64-53-93(90-89-64)29-31-112-33-35-114-37-39-116-41-43-118-45-47-120-49-48-119-46-44-117-42-40-115-38-36-113-34-32-111-30-27-86/h18-20,22-23,25-26,50,53-58,65,68-69,71-79,84,100H,17,21,24,27-49,51-52,86H2,1-16H3,(H,87,101)(H,88,102)/t56-,57+,58+,65-,68?,69+,71-,72-,73-,74+,75+,76+,77?,78?,79+,84-/m1/s1. The smallest absolute Gasteiger partial charge is 0.410 e. The van der Waals surface area contributed by atoms with Crippen LogP contribution in [0.25, 0.3) is 0 Å². The van der Waals surface area contributed by atoms with E-state index in [9.17, 15) is 48.8 Å². The fourth-order valence-electron chi connectivity index (χ4n) is 14.5. The average Bonchev–Trinajstić information content (AvgIpc) is 0.925. The van der Waals surface area contributed by atoms with E-state index in [2.05, 4.69) is 20.9 Å². The molecule has 2 aromatic carbocycles. The fraction of sp³-hybridized carbons (Fsp3) is 0.729. The summed E-state index contributed by atoms with van der Waals surface area (Å²) in [7, 11) is 6.82. The molecule has 2 aliphatic rings. The van der Waals surface area contributed by atoms with E-state index in [0.29, 0.717) is 150 Å². The van der Waals surface area contributed by atoms with E-state index in [0.717, 1.165) is 44.9 Å². The minimum absolute atomic E-state index is 0.0441. The maximum Gasteiger partial charge on any atom is 0.410 e. The number of carbonyl (C=O) groups is 9. The number of carbonyl (C=O) groups excluding carboxylic acids is 9. The van der Waals surface area contributed by atoms with Crippen molar-refractivity contribution in [1.82, 2.24) is 40.3 Å². The predicted octanol–water partition coefficient (Wildman–Crippen LogP) is 4.06. The molecule has 5 amide bonds. The van der Waals surface area contributed by atoms with Gasteiger partial charge >= 0.3 is 35.7 Å². The summed E-state index contributed by atoms with van der Waals surface area (Å²) in [6.45, 7) is 25.8. The Balaban J connectivity index is 1.26. The molecule has 2 aliphatic heterocycles. The number of nitro benzene ring substituents is 1. The maximum absolute atomic E-state index is 15.2. The van der Waals surface area contributed by atoms with Gasteiger partial charge in [-0.15, -0.1) is 5.10 Å². The van der Waals surface area contributed by atoms with Crippen molar-refractivity contribution in [2.45, 2.75) is 200 Å². The Kier molecular flexibility index (Phi) is 50.1. The maximum atomic E-state index is 15.2. The number of aliphatic hydroxyl groups excluding tert-OH is 1. The van der Waals surface area contributed by atoms with E-state index in [1.807, 2.05) is 19.9 Å². The van der Waals surface area contributed by atoms with Crippen molar-refractivity contribution in [2.24, 2.45) is 29.4 Å². The summed E-state index contributed by atoms with van der Waals surface area (Å²) in [6, 6.07) is 7.91. The van der Waals surface area contributed by atoms with E-state index in [4.69, 9.17) is 95.7 Å². The molecule has 0 spiro atoms. The Labute approximate surface area is 737 Å². The molecule has 41 nitrogen and oxygen atoms in total. The van der Waals surface area contributed by atoms with Crippen molar-refractivity contribution in [3.05, 3.63) is 81.7 Å². The minimum atomic E-state index is -2.02. The molecule has 41 heteroatoms. The van der Waals surface area contributed by atoms with Gasteiger partial charge in [0.25, 0.3) is 0 Å². The number of nitrogens with one attached hydrogen (secondary N) is 2. The zero-order valence-electron chi connectivity index (χ0n) is 75.8. The molecule has 2 fully saturated rings. The Bertz CT molecular complexity index is 3740. The van der Waals surface area contributed by atoms with Crippen LogP contribution in [0.5, 0.6) is 5.75 Å². The van der Waals surface area contributed by atoms with Crippen molar-refractivity contribution in [1.29, 1.82) is 0 Å². The van der Waals surface area contributed by atoms with Gasteiger partial charge in [-0.3, -0.25) is 48.6 Å². The second-order valence-electron chi connectivity index (χ2n) is 31.0. The summed E-state index contributed by atoms with van der Waals surface area (Å²) in [5.74, 6) is -8.91. The Morgan fingerprint density at radius 1 is 0.643 bits per heavy atom. The number of aliphatic hydroxyl groups is 1. The van der Waals surface area contributed by atoms with Gasteiger partial charge in [0.05, 0.1) is 205 Å². The number of amides is 5. The third-order valence-electron chi connectivity index (χ3n) is 21.0. The highest BCUT2D eigenvalue weighted by atomic mass is 16.7. The monoisotopic (exact) mass is 1790 g/mol. The van der Waals surface area contributed by atoms with Crippen LogP contribution in [0.3, 0.4) is 0 Å². The molecule has 3 aromatic rings. The summed E-state index contributed by atoms with van der Waals surface area (Å²) in [6.07, 6.45) is -11.8. The van der Waals surface area contributed by atoms with Crippen molar-refractivity contribution < 1.29 is 143 Å². The van der Waals surface area contributed by atoms with Crippen LogP contribution in [0, 0.1) is 33.8 Å². The van der Waals surface area contributed by atoms with Gasteiger partial charge in [0.2, 0.25) is 36.0 Å². The third-order valence-corrected chi connectivity index (χ3v) is 21.0. The van der Waals surface area contributed by atoms with Gasteiger partial charge in [-0.25, -0.2) is 14.3 Å². The first kappa shape index (κ1) is 108. The lowest BCUT2D eigenvalue weighted by atomic mass is 9.89. The van der Waals surface area contributed by atoms with Crippen molar-refractivity contribution >= 4 is 59.3 Å². The molecule has 1 aromatic heterocycles. The number of likely N-dealkylation sites (N-methyl/N-ethyl adjacent to an activating group) is 2. The molecule has 712 valence electrons. The van der Waals surface area contributed by atoms with Crippen molar-refractivity contribution in [3.63, 3.8) is 0 Å². The molecule has 2 saturated heterocycles. The lowest BCUT2D eigenvalue weighted by Crippen LogP contribution is -2.64. The van der Waals surface area contributed by atoms with Crippen LogP contribution in [-0.2, 0) is 137 Å². The number of benzene rings is 2. The number of likely N-dealkylation sites (tertiary alicyclic amines) is 1. The quantitative estimate of drug-likeness (QED) is 0.0203. The zero-order valence-corrected chi connectivity index (χ0v) is 75.8. The molecule has 126 heavy (non-hydrogen) atoms. The first-order valence-corrected chi connectivity index (χ1v) is 42.8. The van der Waals surface area contributed by atoms with E-state index in [-0.39, 0.29) is 68.2 Å². The summed E-state index contributed by atoms with van der Waals surface area (Å²) >= 11 is 0. The van der Waals surface area contributed by atoms with Crippen LogP contribution in [0.2, 0.25) is 0 Å². The SMILES string of the molecule is CC[C@@H](C)[C@H]([C@H](CC(=O)N1CCC[C@@H]1[C@@H](OC)[C@H](C)C(=O)N[C@@H](C)[C@H](O)c1ccccc1)OC)N(C)C(=O)[C@H](NC(=O)[C@@H](C(C)C)N(C)C(=O)OC(Cc1cn(CCOCCOCCOCCOCCOCCOCCOCCOCCOCCOCCN)nn1)c1ccc(O[C@@H]2OC(C(=O)OC)[C@@H](OC(C)=O)C(OC(C)=O)[C@@H]2OC(C)=O)c([N+](=O)[O-])c1)C(C)C. The average molecular weight is 1790 g/mol. The Morgan fingerprint density at radius 2 is 1.16 bits per heavy atom. The minimum Gasteiger partial charge on any atom is -0.467 e. The van der Waals surface area contributed by atoms with Crippen molar-refractivity contribution in [2.75, 3.05) is 181 Å². The number of nitrogens with zero attached hydrogens (tertiary/aromatic N) is 7. The molecule has 3 heterocycles. The van der Waals surface area contributed by atoms with Gasteiger partial charge in [0.15, 0.2) is 24.1 Å². The Morgan fingerprint density at radius 3 is 1.63 bits per heavy atom. The number of rotatable bonds is 63. The first-order chi connectivity index (χ1) is 60.3. The second-order valence-corrected chi connectivity index (χ2v) is 31.0. The van der Waals surface area contributed by atoms with Gasteiger partial charge in [-0.2, -0.15) is 0 Å². The molecule has 0 radical (unpaired) electrons. The number of ether oxygens (including phenoxy) is 19. The van der Waals surface area contributed by atoms with Gasteiger partial charge < -0.3 is 121 Å². The van der Waals surface area contributed by atoms with Gasteiger partial charge in [-0.05, 0) is 54.7 Å². The van der Waals surface area contributed by atoms with Crippen LogP contribution in [0.1, 0.15) is 131 Å². The Hall–Kier alpha value is -8.79. The van der Waals surface area contributed by atoms with E-state index < -0.39 is 161 Å². The van der Waals surface area contributed by atoms with Gasteiger partial charge in [0.1, 0.15) is 18.2 Å². The molecule has 0 bridgehead atoms. The van der Waals surface area contributed by atoms with E-state index >= 15 is 9.59 Å². The number of nitrogens with two attached hydrogens (primary N) is 1. The molecule has 5 N–H and O–H groups in total. The summed E-state index contributed by atoms with van der Waals surface area (Å²) in [4.78, 5) is 141. The van der Waals surface area contributed by atoms with E-state index in [1.54, 1.807) is 77.8 Å². The number of aromatic nitrogens is 3. The number of nitro groups is 1. The summed E-state index contributed by atoms with van der Waals surface area (Å²) in [5, 5.41) is 38.8. The number of esters is 4. The molecule has 16 atom stereocenters. The van der Waals surface area contributed by atoms with Crippen LogP contribution in [0.15, 0.2) is 54.7 Å². The predicted molar refractivity (Wildman–Crippen MR) is 450 cm³/mol. The third kappa shape index (κ3) is 36.0. The molecule has 0 aliphatic carbocycles. The number of hydrogen-bond acceptors (Lipinski definition) is 34. The highest BCUT2D eigenvalue weighted by Crippen LogP contribution is 2.38. The lowest BCUT2D eigenvalue weighted by molar-refractivity contribution is -0.387. The first-order valence-electron chi connectivity index (χ1n) is 42.8. The van der Waals surface area contributed by atoms with Crippen LogP contribution < -0.4 is 21.1 Å². The van der Waals surface area contributed by atoms with Crippen LogP contribution in [-0.4, -0.2) is 347 Å². The topological polar surface area (TPSA) is 483 Å². The molecule has 0 saturated carbocycles. The van der Waals surface area contributed by atoms with Crippen molar-refractivity contribution in [3.8, 4) is 5.75 Å². The summed E-state index contributed by atoms with van der Waals surface area (Å²) < 4.78 is 108. The number of hydrogen-bond donors (Lipinski definition) is 4. The highest BCUT2D eigenvalue weighted by Gasteiger charge is 2.56. The molecular formula is C85H136N10O31. The zero-order chi connectivity index (χ0) is 92.8. The summed E-state index contributed by atoms with van der Waals surface area (Å²) in [5.41, 5.74) is 5.37. The van der Waals surface area contributed by atoms with Gasteiger partial charge in [-0.1, -0.05) is 96.5 Å². The van der Waals surface area contributed by atoms with Gasteiger partial charge in [0, 0.05) is 80.9 Å². The molecule has 5 rings (SSSR count). The van der Waals surface area contributed by atoms with E-state index in [1.165, 1.54) is 43.1 Å². The number of methoxy groups -OCH3 is 3. The fourth-order valence-corrected chi connectivity index (χ4v) is 14.5. The highest BCUT2D eigenvalue weighted by molar-refractivity contribution is 5.92. The lowest BCUT2D eigenvalue weighted by Gasteiger charge is -2.43. The molecular weight excluding hydrogens is 1660 g/mol.